The van der Waals surface area contributed by atoms with Crippen LogP contribution < -0.4 is 0 Å². The number of hydrogen-bond acceptors (Lipinski definition) is 3. The van der Waals surface area contributed by atoms with Gasteiger partial charge in [0, 0.05) is 26.2 Å². The molecule has 154 valence electrons. The van der Waals surface area contributed by atoms with Crippen LogP contribution in [0.1, 0.15) is 38.5 Å². The molecule has 1 atom stereocenters. The maximum Gasteiger partial charge on any atom is 0.407 e. The number of carboxylic acid groups (broad SMARTS) is 1. The first-order chi connectivity index (χ1) is 12.8. The summed E-state index contributed by atoms with van der Waals surface area (Å²) >= 11 is 0. The number of likely N-dealkylation sites (tertiary alicyclic amines) is 3. The highest BCUT2D eigenvalue weighted by Crippen LogP contribution is 2.34. The highest BCUT2D eigenvalue weighted by Gasteiger charge is 2.41. The summed E-state index contributed by atoms with van der Waals surface area (Å²) in [6, 6.07) is -0.555. The van der Waals surface area contributed by atoms with Gasteiger partial charge >= 0.3 is 12.3 Å². The zero-order chi connectivity index (χ0) is 19.6. The maximum atomic E-state index is 12.8. The fourth-order valence-electron chi connectivity index (χ4n) is 4.61. The molecule has 9 heteroatoms. The van der Waals surface area contributed by atoms with Crippen LogP contribution in [-0.2, 0) is 4.79 Å². The number of halogens is 3. The van der Waals surface area contributed by atoms with Crippen LogP contribution in [0.3, 0.4) is 0 Å². The lowest BCUT2D eigenvalue weighted by molar-refractivity contribution is -0.185. The van der Waals surface area contributed by atoms with E-state index in [2.05, 4.69) is 4.90 Å². The van der Waals surface area contributed by atoms with Crippen molar-refractivity contribution in [1.82, 2.24) is 14.7 Å². The summed E-state index contributed by atoms with van der Waals surface area (Å²) in [5, 5.41) is 9.20. The summed E-state index contributed by atoms with van der Waals surface area (Å²) < 4.78 is 38.3. The Morgan fingerprint density at radius 3 is 2.11 bits per heavy atom. The summed E-state index contributed by atoms with van der Waals surface area (Å²) in [6.45, 7) is 3.38. The van der Waals surface area contributed by atoms with E-state index >= 15 is 0 Å². The zero-order valence-corrected chi connectivity index (χ0v) is 15.5. The normalized spacial score (nSPS) is 26.6. The van der Waals surface area contributed by atoms with E-state index in [0.29, 0.717) is 51.5 Å². The Kier molecular flexibility index (Phi) is 6.18. The van der Waals surface area contributed by atoms with E-state index in [1.165, 1.54) is 4.90 Å². The van der Waals surface area contributed by atoms with Gasteiger partial charge in [-0.15, -0.1) is 0 Å². The third-order valence-corrected chi connectivity index (χ3v) is 6.28. The highest BCUT2D eigenvalue weighted by molar-refractivity contribution is 5.86. The number of carbonyl (C=O) groups excluding carboxylic acids is 1. The molecule has 6 nitrogen and oxygen atoms in total. The molecule has 0 aromatic rings. The van der Waals surface area contributed by atoms with Crippen LogP contribution in [0.2, 0.25) is 0 Å². The Hall–Kier alpha value is -1.51. The molecule has 3 aliphatic rings. The first kappa shape index (κ1) is 20.2. The topological polar surface area (TPSA) is 64.1 Å². The van der Waals surface area contributed by atoms with Gasteiger partial charge in [-0.3, -0.25) is 9.69 Å². The molecule has 3 fully saturated rings. The Morgan fingerprint density at radius 2 is 1.56 bits per heavy atom. The predicted octanol–water partition coefficient (Wildman–Crippen LogP) is 2.64. The van der Waals surface area contributed by atoms with Gasteiger partial charge in [0.1, 0.15) is 6.04 Å². The second kappa shape index (κ2) is 8.24. The van der Waals surface area contributed by atoms with E-state index < -0.39 is 24.2 Å². The zero-order valence-electron chi connectivity index (χ0n) is 15.5. The van der Waals surface area contributed by atoms with E-state index in [0.717, 1.165) is 19.4 Å². The van der Waals surface area contributed by atoms with Gasteiger partial charge in [-0.2, -0.15) is 13.2 Å². The third-order valence-electron chi connectivity index (χ3n) is 6.28. The van der Waals surface area contributed by atoms with Crippen LogP contribution in [0.4, 0.5) is 18.0 Å². The predicted molar refractivity (Wildman–Crippen MR) is 92.3 cm³/mol. The van der Waals surface area contributed by atoms with E-state index in [1.54, 1.807) is 4.90 Å². The summed E-state index contributed by atoms with van der Waals surface area (Å²) in [5.41, 5.74) is 0. The molecule has 0 saturated carbocycles. The first-order valence-electron chi connectivity index (χ1n) is 9.83. The summed E-state index contributed by atoms with van der Waals surface area (Å²) in [4.78, 5) is 29.0. The van der Waals surface area contributed by atoms with Crippen molar-refractivity contribution in [1.29, 1.82) is 0 Å². The lowest BCUT2D eigenvalue weighted by Crippen LogP contribution is -2.50. The van der Waals surface area contributed by atoms with E-state index in [4.69, 9.17) is 0 Å². The molecular formula is C18H28F3N3O3. The van der Waals surface area contributed by atoms with Gasteiger partial charge in [0.05, 0.1) is 5.92 Å². The molecule has 0 aromatic heterocycles. The fraction of sp³-hybridized carbons (Fsp3) is 0.889. The smallest absolute Gasteiger partial charge is 0.407 e. The highest BCUT2D eigenvalue weighted by atomic mass is 19.4. The molecular weight excluding hydrogens is 363 g/mol. The molecule has 3 rings (SSSR count). The van der Waals surface area contributed by atoms with Crippen molar-refractivity contribution in [3.8, 4) is 0 Å². The number of amides is 2. The van der Waals surface area contributed by atoms with Crippen LogP contribution in [0.15, 0.2) is 0 Å². The minimum Gasteiger partial charge on any atom is -0.465 e. The Balaban J connectivity index is 1.42. The van der Waals surface area contributed by atoms with Gasteiger partial charge in [0.2, 0.25) is 5.91 Å². The number of nitrogens with zero attached hydrogens (tertiary/aromatic N) is 3. The molecule has 3 aliphatic heterocycles. The van der Waals surface area contributed by atoms with Gasteiger partial charge < -0.3 is 14.9 Å². The Bertz CT molecular complexity index is 542. The molecule has 0 bridgehead atoms. The standard InChI is InChI=1S/C18H28F3N3O3/c19-18(20,21)14-5-8-22(9-6-14)12-13-3-10-23(11-4-13)16(25)15-2-1-7-24(15)17(26)27/h13-15H,1-12H2,(H,26,27)/t15-/m0/s1. The summed E-state index contributed by atoms with van der Waals surface area (Å²) in [6.07, 6.45) is -1.83. The van der Waals surface area contributed by atoms with Gasteiger partial charge in [-0.1, -0.05) is 0 Å². The number of rotatable bonds is 3. The van der Waals surface area contributed by atoms with Crippen molar-refractivity contribution in [2.45, 2.75) is 50.7 Å². The van der Waals surface area contributed by atoms with Crippen LogP contribution >= 0.6 is 0 Å². The van der Waals surface area contributed by atoms with Crippen molar-refractivity contribution in [3.05, 3.63) is 0 Å². The first-order valence-corrected chi connectivity index (χ1v) is 9.83. The molecule has 3 heterocycles. The monoisotopic (exact) mass is 391 g/mol. The minimum absolute atomic E-state index is 0.0978. The lowest BCUT2D eigenvalue weighted by atomic mass is 9.92. The maximum absolute atomic E-state index is 12.8. The summed E-state index contributed by atoms with van der Waals surface area (Å²) in [5.74, 6) is -0.883. The van der Waals surface area contributed by atoms with Crippen LogP contribution in [-0.4, -0.2) is 83.3 Å². The SMILES string of the molecule is O=C([C@@H]1CCCN1C(=O)O)N1CCC(CN2CCC(C(F)(F)F)CC2)CC1. The minimum atomic E-state index is -4.08. The van der Waals surface area contributed by atoms with Crippen molar-refractivity contribution in [2.24, 2.45) is 11.8 Å². The van der Waals surface area contributed by atoms with E-state index in [-0.39, 0.29) is 18.7 Å². The third kappa shape index (κ3) is 4.86. The molecule has 2 amide bonds. The number of carbonyl (C=O) groups is 2. The molecule has 3 saturated heterocycles. The molecule has 1 N–H and O–H groups in total. The van der Waals surface area contributed by atoms with Crippen LogP contribution in [0, 0.1) is 11.8 Å². The molecule has 27 heavy (non-hydrogen) atoms. The molecule has 0 unspecified atom stereocenters. The largest absolute Gasteiger partial charge is 0.465 e. The quantitative estimate of drug-likeness (QED) is 0.803. The molecule has 0 aliphatic carbocycles. The van der Waals surface area contributed by atoms with Crippen molar-refractivity contribution < 1.29 is 27.9 Å². The number of hydrogen-bond donors (Lipinski definition) is 1. The van der Waals surface area contributed by atoms with Gasteiger partial charge in [-0.05, 0) is 57.5 Å². The van der Waals surface area contributed by atoms with E-state index in [9.17, 15) is 27.9 Å². The molecule has 0 aromatic carbocycles. The van der Waals surface area contributed by atoms with Gasteiger partial charge in [0.15, 0.2) is 0 Å². The van der Waals surface area contributed by atoms with Crippen molar-refractivity contribution >= 4 is 12.0 Å². The molecule has 0 radical (unpaired) electrons. The second-order valence-corrected chi connectivity index (χ2v) is 8.02. The lowest BCUT2D eigenvalue weighted by Gasteiger charge is -2.39. The molecule has 0 spiro atoms. The number of alkyl halides is 3. The van der Waals surface area contributed by atoms with Gasteiger partial charge in [0.25, 0.3) is 0 Å². The van der Waals surface area contributed by atoms with Crippen LogP contribution in [0.25, 0.3) is 0 Å². The number of piperidine rings is 2. The fourth-order valence-corrected chi connectivity index (χ4v) is 4.61. The van der Waals surface area contributed by atoms with E-state index in [1.807, 2.05) is 0 Å². The summed E-state index contributed by atoms with van der Waals surface area (Å²) in [7, 11) is 0. The average Bonchev–Trinajstić information content (AvgIpc) is 3.11. The van der Waals surface area contributed by atoms with Gasteiger partial charge in [-0.25, -0.2) is 4.79 Å². The van der Waals surface area contributed by atoms with Crippen LogP contribution in [0.5, 0.6) is 0 Å². The average molecular weight is 391 g/mol. The van der Waals surface area contributed by atoms with Crippen molar-refractivity contribution in [2.75, 3.05) is 39.3 Å². The Labute approximate surface area is 157 Å². The Morgan fingerprint density at radius 1 is 0.926 bits per heavy atom. The van der Waals surface area contributed by atoms with Crippen molar-refractivity contribution in [3.63, 3.8) is 0 Å². The second-order valence-electron chi connectivity index (χ2n) is 8.02.